The van der Waals surface area contributed by atoms with Gasteiger partial charge in [-0.05, 0) is 70.1 Å². The standard InChI is InChI=1S/C25H34N8O2/c1-32(2)13-5-11-27-25(35)23-21(16-33(3)31-23)30-24(34)20-7-4-6-19(29-20)18-10-12-26-22(14-18)28-15-17-8-9-17/h4,6-7,10,12,14,16-17,24,30,34H,5,8-9,11,13,15H2,1-3H3,(H,26,28)(H,27,35). The number of aliphatic hydroxyl groups excluding tert-OH is 1. The van der Waals surface area contributed by atoms with Gasteiger partial charge in [-0.3, -0.25) is 9.48 Å². The number of nitrogens with one attached hydrogen (secondary N) is 3. The van der Waals surface area contributed by atoms with Crippen molar-refractivity contribution in [3.63, 3.8) is 0 Å². The number of hydrogen-bond acceptors (Lipinski definition) is 8. The highest BCUT2D eigenvalue weighted by molar-refractivity contribution is 5.97. The fraction of sp³-hybridized carbons (Fsp3) is 0.440. The molecule has 35 heavy (non-hydrogen) atoms. The lowest BCUT2D eigenvalue weighted by molar-refractivity contribution is 0.0947. The summed E-state index contributed by atoms with van der Waals surface area (Å²) >= 11 is 0. The molecule has 3 aromatic heterocycles. The van der Waals surface area contributed by atoms with Crippen molar-refractivity contribution in [2.24, 2.45) is 13.0 Å². The quantitative estimate of drug-likeness (QED) is 0.232. The fourth-order valence-corrected chi connectivity index (χ4v) is 3.69. The number of pyridine rings is 2. The lowest BCUT2D eigenvalue weighted by atomic mass is 10.1. The Bertz CT molecular complexity index is 1140. The number of hydrogen-bond donors (Lipinski definition) is 4. The van der Waals surface area contributed by atoms with E-state index in [0.29, 0.717) is 17.9 Å². The van der Waals surface area contributed by atoms with Gasteiger partial charge in [0.1, 0.15) is 5.82 Å². The Labute approximate surface area is 205 Å². The molecule has 1 amide bonds. The molecule has 4 N–H and O–H groups in total. The summed E-state index contributed by atoms with van der Waals surface area (Å²) in [5.74, 6) is 1.28. The van der Waals surface area contributed by atoms with Crippen LogP contribution in [0.3, 0.4) is 0 Å². The number of nitrogens with zero attached hydrogens (tertiary/aromatic N) is 5. The average Bonchev–Trinajstić information content (AvgIpc) is 3.61. The SMILES string of the molecule is CN(C)CCCNC(=O)c1nn(C)cc1NC(O)c1cccc(-c2ccnc(NCC3CC3)c2)n1. The molecule has 4 rings (SSSR count). The summed E-state index contributed by atoms with van der Waals surface area (Å²) in [5.41, 5.74) is 2.74. The molecule has 0 radical (unpaired) electrons. The molecule has 1 saturated carbocycles. The lowest BCUT2D eigenvalue weighted by Crippen LogP contribution is -2.28. The Morgan fingerprint density at radius 1 is 1.29 bits per heavy atom. The Balaban J connectivity index is 1.43. The maximum absolute atomic E-state index is 12.7. The average molecular weight is 479 g/mol. The normalized spacial score (nSPS) is 14.1. The molecule has 0 aliphatic heterocycles. The predicted molar refractivity (Wildman–Crippen MR) is 136 cm³/mol. The molecule has 10 heteroatoms. The van der Waals surface area contributed by atoms with Gasteiger partial charge in [-0.15, -0.1) is 0 Å². The molecule has 1 unspecified atom stereocenters. The molecule has 3 heterocycles. The molecule has 0 bridgehead atoms. The summed E-state index contributed by atoms with van der Waals surface area (Å²) in [4.78, 5) is 23.8. The van der Waals surface area contributed by atoms with E-state index in [1.165, 1.54) is 12.8 Å². The molecule has 3 aromatic rings. The van der Waals surface area contributed by atoms with Crippen molar-refractivity contribution in [3.8, 4) is 11.3 Å². The zero-order valence-corrected chi connectivity index (χ0v) is 20.5. The van der Waals surface area contributed by atoms with E-state index >= 15 is 0 Å². The first-order valence-electron chi connectivity index (χ1n) is 12.0. The highest BCUT2D eigenvalue weighted by Crippen LogP contribution is 2.29. The molecular formula is C25H34N8O2. The zero-order chi connectivity index (χ0) is 24.8. The molecule has 0 aromatic carbocycles. The van der Waals surface area contributed by atoms with E-state index in [9.17, 15) is 9.90 Å². The molecule has 186 valence electrons. The van der Waals surface area contributed by atoms with Crippen LogP contribution in [0, 0.1) is 5.92 Å². The summed E-state index contributed by atoms with van der Waals surface area (Å²) in [6.07, 6.45) is 5.69. The van der Waals surface area contributed by atoms with Gasteiger partial charge < -0.3 is 26.0 Å². The number of aryl methyl sites for hydroxylation is 1. The van der Waals surface area contributed by atoms with E-state index in [0.717, 1.165) is 42.5 Å². The number of rotatable bonds is 12. The first-order chi connectivity index (χ1) is 16.9. The van der Waals surface area contributed by atoms with Gasteiger partial charge in [0.05, 0.1) is 17.1 Å². The van der Waals surface area contributed by atoms with Gasteiger partial charge in [-0.2, -0.15) is 5.10 Å². The fourth-order valence-electron chi connectivity index (χ4n) is 3.69. The highest BCUT2D eigenvalue weighted by Gasteiger charge is 2.21. The second kappa shape index (κ2) is 11.3. The van der Waals surface area contributed by atoms with Crippen molar-refractivity contribution in [2.45, 2.75) is 25.5 Å². The monoisotopic (exact) mass is 478 g/mol. The minimum atomic E-state index is -1.12. The van der Waals surface area contributed by atoms with Crippen LogP contribution in [-0.2, 0) is 7.05 Å². The van der Waals surface area contributed by atoms with E-state index in [4.69, 9.17) is 0 Å². The molecule has 1 fully saturated rings. The second-order valence-electron chi connectivity index (χ2n) is 9.23. The first-order valence-corrected chi connectivity index (χ1v) is 12.0. The van der Waals surface area contributed by atoms with Crippen molar-refractivity contribution >= 4 is 17.4 Å². The molecule has 1 aliphatic rings. The molecule has 10 nitrogen and oxygen atoms in total. The topological polar surface area (TPSA) is 120 Å². The van der Waals surface area contributed by atoms with Crippen LogP contribution in [0.5, 0.6) is 0 Å². The molecule has 0 saturated heterocycles. The predicted octanol–water partition coefficient (Wildman–Crippen LogP) is 2.48. The molecule has 0 spiro atoms. The van der Waals surface area contributed by atoms with Crippen molar-refractivity contribution in [3.05, 3.63) is 54.1 Å². The maximum atomic E-state index is 12.7. The summed E-state index contributed by atoms with van der Waals surface area (Å²) in [6, 6.07) is 9.35. The third-order valence-corrected chi connectivity index (χ3v) is 5.78. The Hall–Kier alpha value is -3.50. The van der Waals surface area contributed by atoms with Crippen LogP contribution in [-0.4, -0.2) is 69.4 Å². The highest BCUT2D eigenvalue weighted by atomic mass is 16.3. The van der Waals surface area contributed by atoms with E-state index < -0.39 is 6.23 Å². The van der Waals surface area contributed by atoms with Crippen molar-refractivity contribution in [1.29, 1.82) is 0 Å². The van der Waals surface area contributed by atoms with Crippen molar-refractivity contribution in [1.82, 2.24) is 30.0 Å². The lowest BCUT2D eigenvalue weighted by Gasteiger charge is -2.15. The number of aliphatic hydroxyl groups is 1. The number of amides is 1. The summed E-state index contributed by atoms with van der Waals surface area (Å²) in [5, 5.41) is 24.4. The van der Waals surface area contributed by atoms with Crippen LogP contribution in [0.2, 0.25) is 0 Å². The Morgan fingerprint density at radius 2 is 2.11 bits per heavy atom. The summed E-state index contributed by atoms with van der Waals surface area (Å²) in [7, 11) is 5.72. The Morgan fingerprint density at radius 3 is 2.89 bits per heavy atom. The van der Waals surface area contributed by atoms with Crippen molar-refractivity contribution < 1.29 is 9.90 Å². The van der Waals surface area contributed by atoms with Crippen LogP contribution in [0.15, 0.2) is 42.7 Å². The van der Waals surface area contributed by atoms with Crippen LogP contribution in [0.25, 0.3) is 11.3 Å². The minimum absolute atomic E-state index is 0.230. The molecule has 1 atom stereocenters. The van der Waals surface area contributed by atoms with E-state index in [1.807, 2.05) is 38.4 Å². The van der Waals surface area contributed by atoms with Crippen LogP contribution in [0.4, 0.5) is 11.5 Å². The summed E-state index contributed by atoms with van der Waals surface area (Å²) < 4.78 is 1.54. The van der Waals surface area contributed by atoms with Gasteiger partial charge in [-0.1, -0.05) is 6.07 Å². The van der Waals surface area contributed by atoms with Gasteiger partial charge in [0.2, 0.25) is 0 Å². The zero-order valence-electron chi connectivity index (χ0n) is 20.5. The largest absolute Gasteiger partial charge is 0.370 e. The smallest absolute Gasteiger partial charge is 0.273 e. The third kappa shape index (κ3) is 7.00. The number of aromatic nitrogens is 4. The summed E-state index contributed by atoms with van der Waals surface area (Å²) in [6.45, 7) is 2.36. The van der Waals surface area contributed by atoms with E-state index in [2.05, 4.69) is 35.9 Å². The van der Waals surface area contributed by atoms with E-state index in [-0.39, 0.29) is 11.6 Å². The number of carbonyl (C=O) groups is 1. The van der Waals surface area contributed by atoms with E-state index in [1.54, 1.807) is 30.2 Å². The van der Waals surface area contributed by atoms with Gasteiger partial charge in [0.15, 0.2) is 11.9 Å². The van der Waals surface area contributed by atoms with Gasteiger partial charge in [0.25, 0.3) is 5.91 Å². The Kier molecular flexibility index (Phi) is 7.94. The van der Waals surface area contributed by atoms with Crippen LogP contribution < -0.4 is 16.0 Å². The minimum Gasteiger partial charge on any atom is -0.370 e. The third-order valence-electron chi connectivity index (χ3n) is 5.78. The molecule has 1 aliphatic carbocycles. The van der Waals surface area contributed by atoms with Crippen LogP contribution in [0.1, 0.15) is 41.7 Å². The first kappa shape index (κ1) is 24.6. The van der Waals surface area contributed by atoms with Crippen LogP contribution >= 0.6 is 0 Å². The maximum Gasteiger partial charge on any atom is 0.273 e. The number of carbonyl (C=O) groups excluding carboxylic acids is 1. The van der Waals surface area contributed by atoms with Crippen molar-refractivity contribution in [2.75, 3.05) is 44.4 Å². The molecular weight excluding hydrogens is 444 g/mol. The van der Waals surface area contributed by atoms with Gasteiger partial charge in [0, 0.05) is 38.1 Å². The second-order valence-corrected chi connectivity index (χ2v) is 9.23. The van der Waals surface area contributed by atoms with Gasteiger partial charge in [-0.25, -0.2) is 9.97 Å². The number of anilines is 2. The van der Waals surface area contributed by atoms with Gasteiger partial charge >= 0.3 is 0 Å².